The second-order valence-corrected chi connectivity index (χ2v) is 6.51. The lowest BCUT2D eigenvalue weighted by Gasteiger charge is -2.29. The summed E-state index contributed by atoms with van der Waals surface area (Å²) in [5.41, 5.74) is 3.84. The molecule has 2 unspecified atom stereocenters. The Hall–Kier alpha value is -1.39. The smallest absolute Gasteiger partial charge is 0.123 e. The number of likely N-dealkylation sites (N-methyl/N-ethyl adjacent to an activating group) is 1. The van der Waals surface area contributed by atoms with Gasteiger partial charge in [0, 0.05) is 6.54 Å². The quantitative estimate of drug-likeness (QED) is 0.754. The molecule has 4 heteroatoms. The highest BCUT2D eigenvalue weighted by atomic mass is 79.9. The number of hydrogen-bond acceptors (Lipinski definition) is 2. The predicted molar refractivity (Wildman–Crippen MR) is 102 cm³/mol. The second kappa shape index (κ2) is 8.63. The summed E-state index contributed by atoms with van der Waals surface area (Å²) in [5.74, 6) is 1.04. The fraction of sp³-hybridized carbons (Fsp3) is 0.400. The first-order valence-electron chi connectivity index (χ1n) is 8.39. The first-order valence-corrected chi connectivity index (χ1v) is 8.39. The average Bonchev–Trinajstić information content (AvgIpc) is 2.55. The highest BCUT2D eigenvalue weighted by molar-refractivity contribution is 8.93. The van der Waals surface area contributed by atoms with Crippen molar-refractivity contribution in [2.45, 2.75) is 37.5 Å². The molecule has 0 bridgehead atoms. The maximum Gasteiger partial charge on any atom is 0.123 e. The van der Waals surface area contributed by atoms with Gasteiger partial charge in [0.15, 0.2) is 0 Å². The Bertz CT molecular complexity index is 659. The first kappa shape index (κ1) is 18.9. The van der Waals surface area contributed by atoms with Crippen molar-refractivity contribution in [1.82, 2.24) is 5.32 Å². The fourth-order valence-corrected chi connectivity index (χ4v) is 3.81. The van der Waals surface area contributed by atoms with E-state index in [4.69, 9.17) is 0 Å². The summed E-state index contributed by atoms with van der Waals surface area (Å²) in [6, 6.07) is 12.7. The van der Waals surface area contributed by atoms with Crippen LogP contribution in [0.4, 0.5) is 4.39 Å². The van der Waals surface area contributed by atoms with Gasteiger partial charge >= 0.3 is 0 Å². The number of fused-ring (bicyclic) bond motifs is 1. The monoisotopic (exact) mass is 393 g/mol. The molecule has 0 heterocycles. The van der Waals surface area contributed by atoms with Crippen molar-refractivity contribution in [3.05, 3.63) is 65.0 Å². The van der Waals surface area contributed by atoms with Crippen LogP contribution in [0, 0.1) is 5.82 Å². The van der Waals surface area contributed by atoms with E-state index in [0.717, 1.165) is 25.8 Å². The van der Waals surface area contributed by atoms with E-state index in [0.29, 0.717) is 17.6 Å². The van der Waals surface area contributed by atoms with Gasteiger partial charge in [-0.1, -0.05) is 18.2 Å². The summed E-state index contributed by atoms with van der Waals surface area (Å²) < 4.78 is 13.2. The number of benzene rings is 2. The maximum atomic E-state index is 13.2. The van der Waals surface area contributed by atoms with E-state index < -0.39 is 0 Å². The Morgan fingerprint density at radius 2 is 1.96 bits per heavy atom. The van der Waals surface area contributed by atoms with E-state index in [-0.39, 0.29) is 22.8 Å². The standard InChI is InChI=1S/C20H24FNO.BrH/c1-22-13-17(14-5-7-18(21)8-6-14)11-15-3-2-4-16-12-19(23)9-10-20(15)16;/h5-10,12,15,17,22-23H,2-4,11,13H2,1H3;1H. The van der Waals surface area contributed by atoms with Crippen molar-refractivity contribution in [1.29, 1.82) is 0 Å². The fourth-order valence-electron chi connectivity index (χ4n) is 3.81. The minimum atomic E-state index is -0.185. The zero-order valence-electron chi connectivity index (χ0n) is 14.0. The molecule has 0 saturated carbocycles. The molecule has 1 aliphatic rings. The zero-order chi connectivity index (χ0) is 16.2. The van der Waals surface area contributed by atoms with Crippen LogP contribution in [0.2, 0.25) is 0 Å². The van der Waals surface area contributed by atoms with Crippen LogP contribution in [0.25, 0.3) is 0 Å². The molecule has 0 fully saturated rings. The zero-order valence-corrected chi connectivity index (χ0v) is 15.7. The average molecular weight is 394 g/mol. The van der Waals surface area contributed by atoms with Gasteiger partial charge in [-0.05, 0) is 85.5 Å². The summed E-state index contributed by atoms with van der Waals surface area (Å²) in [5, 5.41) is 13.0. The Balaban J connectivity index is 0.00000208. The van der Waals surface area contributed by atoms with Gasteiger partial charge < -0.3 is 10.4 Å². The molecule has 0 aliphatic heterocycles. The summed E-state index contributed by atoms with van der Waals surface area (Å²) in [6.45, 7) is 0.884. The highest BCUT2D eigenvalue weighted by Gasteiger charge is 2.24. The van der Waals surface area contributed by atoms with E-state index in [1.807, 2.05) is 25.2 Å². The number of hydrogen-bond donors (Lipinski definition) is 2. The SMILES string of the molecule is Br.CNCC(CC1CCCc2cc(O)ccc21)c1ccc(F)cc1. The first-order chi connectivity index (χ1) is 11.2. The van der Waals surface area contributed by atoms with E-state index in [2.05, 4.69) is 11.4 Å². The molecule has 24 heavy (non-hydrogen) atoms. The van der Waals surface area contributed by atoms with Gasteiger partial charge in [-0.3, -0.25) is 0 Å². The van der Waals surface area contributed by atoms with Crippen LogP contribution in [0.5, 0.6) is 5.75 Å². The molecule has 3 rings (SSSR count). The van der Waals surface area contributed by atoms with Gasteiger partial charge in [0.05, 0.1) is 0 Å². The number of aryl methyl sites for hydroxylation is 1. The van der Waals surface area contributed by atoms with Gasteiger partial charge in [-0.15, -0.1) is 17.0 Å². The van der Waals surface area contributed by atoms with Crippen molar-refractivity contribution in [2.24, 2.45) is 0 Å². The molecule has 0 radical (unpaired) electrons. The predicted octanol–water partition coefficient (Wildman–Crippen LogP) is 4.92. The maximum absolute atomic E-state index is 13.2. The summed E-state index contributed by atoms with van der Waals surface area (Å²) in [4.78, 5) is 0. The topological polar surface area (TPSA) is 32.3 Å². The molecule has 1 aliphatic carbocycles. The normalized spacial score (nSPS) is 17.7. The molecule has 2 nitrogen and oxygen atoms in total. The third kappa shape index (κ3) is 4.37. The van der Waals surface area contributed by atoms with Gasteiger partial charge in [0.25, 0.3) is 0 Å². The molecule has 0 amide bonds. The summed E-state index contributed by atoms with van der Waals surface area (Å²) in [6.07, 6.45) is 4.44. The lowest BCUT2D eigenvalue weighted by Crippen LogP contribution is -2.21. The Morgan fingerprint density at radius 1 is 1.21 bits per heavy atom. The van der Waals surface area contributed by atoms with Crippen LogP contribution in [-0.4, -0.2) is 18.7 Å². The van der Waals surface area contributed by atoms with Crippen LogP contribution in [0.15, 0.2) is 42.5 Å². The minimum Gasteiger partial charge on any atom is -0.508 e. The highest BCUT2D eigenvalue weighted by Crippen LogP contribution is 2.39. The van der Waals surface area contributed by atoms with E-state index in [9.17, 15) is 9.50 Å². The molecule has 2 atom stereocenters. The Kier molecular flexibility index (Phi) is 6.81. The lowest BCUT2D eigenvalue weighted by atomic mass is 9.76. The molecule has 0 spiro atoms. The van der Waals surface area contributed by atoms with Crippen molar-refractivity contribution < 1.29 is 9.50 Å². The number of aromatic hydroxyl groups is 1. The molecule has 0 saturated heterocycles. The van der Waals surface area contributed by atoms with Gasteiger partial charge in [-0.2, -0.15) is 0 Å². The van der Waals surface area contributed by atoms with Crippen LogP contribution in [0.1, 0.15) is 47.8 Å². The minimum absolute atomic E-state index is 0. The summed E-state index contributed by atoms with van der Waals surface area (Å²) in [7, 11) is 1.96. The molecule has 2 N–H and O–H groups in total. The van der Waals surface area contributed by atoms with Crippen molar-refractivity contribution in [3.63, 3.8) is 0 Å². The molecular formula is C20H25BrFNO. The van der Waals surface area contributed by atoms with E-state index in [1.165, 1.54) is 23.1 Å². The number of rotatable bonds is 5. The van der Waals surface area contributed by atoms with E-state index >= 15 is 0 Å². The van der Waals surface area contributed by atoms with Crippen LogP contribution >= 0.6 is 17.0 Å². The number of halogens is 2. The van der Waals surface area contributed by atoms with Crippen molar-refractivity contribution in [3.8, 4) is 5.75 Å². The largest absolute Gasteiger partial charge is 0.508 e. The lowest BCUT2D eigenvalue weighted by molar-refractivity contribution is 0.451. The molecule has 130 valence electrons. The molecule has 2 aromatic rings. The number of nitrogens with one attached hydrogen (secondary N) is 1. The molecule has 2 aromatic carbocycles. The number of phenolic OH excluding ortho intramolecular Hbond substituents is 1. The number of phenols is 1. The molecule has 0 aromatic heterocycles. The van der Waals surface area contributed by atoms with Gasteiger partial charge in [0.1, 0.15) is 11.6 Å². The van der Waals surface area contributed by atoms with E-state index in [1.54, 1.807) is 18.2 Å². The summed E-state index contributed by atoms with van der Waals surface area (Å²) >= 11 is 0. The third-order valence-electron chi connectivity index (χ3n) is 4.93. The van der Waals surface area contributed by atoms with Crippen LogP contribution in [0.3, 0.4) is 0 Å². The van der Waals surface area contributed by atoms with Crippen molar-refractivity contribution >= 4 is 17.0 Å². The third-order valence-corrected chi connectivity index (χ3v) is 4.93. The molecular weight excluding hydrogens is 369 g/mol. The van der Waals surface area contributed by atoms with Crippen LogP contribution in [-0.2, 0) is 6.42 Å². The van der Waals surface area contributed by atoms with Crippen molar-refractivity contribution in [2.75, 3.05) is 13.6 Å². The Morgan fingerprint density at radius 3 is 2.67 bits per heavy atom. The Labute approximate surface area is 153 Å². The second-order valence-electron chi connectivity index (χ2n) is 6.51. The van der Waals surface area contributed by atoms with Crippen LogP contribution < -0.4 is 5.32 Å². The van der Waals surface area contributed by atoms with Gasteiger partial charge in [0.2, 0.25) is 0 Å². The van der Waals surface area contributed by atoms with Gasteiger partial charge in [-0.25, -0.2) is 4.39 Å².